The van der Waals surface area contributed by atoms with Gasteiger partial charge < -0.3 is 28.8 Å². The number of unbranched alkanes of at least 4 members (excludes halogenated alkanes) is 26. The first-order valence-electron chi connectivity index (χ1n) is 22.7. The number of hydrogen-bond donors (Lipinski definition) is 2. The van der Waals surface area contributed by atoms with E-state index in [0.29, 0.717) is 17.4 Å². The summed E-state index contributed by atoms with van der Waals surface area (Å²) in [7, 11) is 1.26. The summed E-state index contributed by atoms with van der Waals surface area (Å²) in [4.78, 5) is 25.3. The van der Waals surface area contributed by atoms with E-state index in [9.17, 15) is 19.4 Å². The minimum Gasteiger partial charge on any atom is -0.756 e. The van der Waals surface area contributed by atoms with Crippen LogP contribution in [-0.4, -0.2) is 68.5 Å². The molecule has 0 saturated carbocycles. The minimum atomic E-state index is -4.58. The summed E-state index contributed by atoms with van der Waals surface area (Å²) in [5.41, 5.74) is 0. The molecule has 54 heavy (non-hydrogen) atoms. The molecule has 0 aliphatic heterocycles. The highest BCUT2D eigenvalue weighted by Gasteiger charge is 2.23. The number of allylic oxidation sites excluding steroid dienone is 3. The third kappa shape index (κ3) is 39.2. The van der Waals surface area contributed by atoms with Gasteiger partial charge in [-0.25, -0.2) is 0 Å². The number of likely N-dealkylation sites (N-methyl/N-ethyl adjacent to an activating group) is 1. The Hall–Kier alpha value is -1.02. The Bertz CT molecular complexity index is 938. The molecule has 0 saturated heterocycles. The molecule has 8 nitrogen and oxygen atoms in total. The van der Waals surface area contributed by atoms with Gasteiger partial charge in [0.2, 0.25) is 5.91 Å². The fourth-order valence-electron chi connectivity index (χ4n) is 6.50. The fraction of sp³-hybridized carbons (Fsp3) is 0.889. The van der Waals surface area contributed by atoms with Crippen molar-refractivity contribution in [3.63, 3.8) is 0 Å². The van der Waals surface area contributed by atoms with Crippen LogP contribution in [0.25, 0.3) is 0 Å². The van der Waals surface area contributed by atoms with Crippen LogP contribution in [0.3, 0.4) is 0 Å². The molecule has 0 aliphatic carbocycles. The molecule has 0 fully saturated rings. The highest BCUT2D eigenvalue weighted by Crippen LogP contribution is 2.38. The molecule has 0 aromatic carbocycles. The van der Waals surface area contributed by atoms with Gasteiger partial charge in [0.15, 0.2) is 0 Å². The number of amides is 1. The van der Waals surface area contributed by atoms with E-state index in [1.54, 1.807) is 6.08 Å². The van der Waals surface area contributed by atoms with Crippen molar-refractivity contribution in [2.45, 2.75) is 219 Å². The first-order valence-corrected chi connectivity index (χ1v) is 24.2. The predicted octanol–water partition coefficient (Wildman–Crippen LogP) is 11.9. The summed E-state index contributed by atoms with van der Waals surface area (Å²) in [5, 5.41) is 13.7. The fourth-order valence-corrected chi connectivity index (χ4v) is 7.22. The summed E-state index contributed by atoms with van der Waals surface area (Å²) in [6.45, 7) is 4.63. The van der Waals surface area contributed by atoms with Crippen LogP contribution in [0.5, 0.6) is 0 Å². The van der Waals surface area contributed by atoms with Gasteiger partial charge in [-0.15, -0.1) is 0 Å². The third-order valence-corrected chi connectivity index (χ3v) is 11.1. The summed E-state index contributed by atoms with van der Waals surface area (Å²) < 4.78 is 23.2. The maximum absolute atomic E-state index is 12.8. The van der Waals surface area contributed by atoms with Crippen LogP contribution in [0.2, 0.25) is 0 Å². The number of quaternary nitrogens is 1. The molecule has 0 aliphatic rings. The van der Waals surface area contributed by atoms with E-state index >= 15 is 0 Å². The first-order chi connectivity index (χ1) is 26.0. The summed E-state index contributed by atoms with van der Waals surface area (Å²) in [5.74, 6) is -0.203. The zero-order chi connectivity index (χ0) is 40.0. The van der Waals surface area contributed by atoms with E-state index in [2.05, 4.69) is 31.3 Å². The Morgan fingerprint density at radius 2 is 1.02 bits per heavy atom. The molecule has 0 heterocycles. The highest BCUT2D eigenvalue weighted by molar-refractivity contribution is 7.45. The Balaban J connectivity index is 4.30. The first kappa shape index (κ1) is 53.0. The summed E-state index contributed by atoms with van der Waals surface area (Å²) >= 11 is 0. The monoisotopic (exact) mass is 785 g/mol. The van der Waals surface area contributed by atoms with Crippen molar-refractivity contribution in [1.29, 1.82) is 0 Å². The van der Waals surface area contributed by atoms with Gasteiger partial charge in [-0.05, 0) is 44.9 Å². The average molecular weight is 785 g/mol. The molecular formula is C45H89N2O6P. The standard InChI is InChI=1S/C45H89N2O6P/c1-6-8-10-12-14-16-18-19-20-21-22-23-24-25-26-27-29-31-33-35-37-39-45(49)46-43(42-53-54(50,51)52-41-40-47(3,4)5)44(48)38-36-34-32-30-28-17-15-13-11-9-7-2/h23-24,36,38,43-44,48H,6-22,25-35,37,39-42H2,1-5H3,(H-,46,49,50,51)/b24-23-,38-36+. The molecule has 9 heteroatoms. The van der Waals surface area contributed by atoms with Crippen molar-refractivity contribution >= 4 is 13.7 Å². The number of nitrogens with zero attached hydrogens (tertiary/aromatic N) is 1. The van der Waals surface area contributed by atoms with Crippen molar-refractivity contribution in [2.75, 3.05) is 40.9 Å². The number of hydrogen-bond acceptors (Lipinski definition) is 6. The lowest BCUT2D eigenvalue weighted by Gasteiger charge is -2.29. The second-order valence-electron chi connectivity index (χ2n) is 16.8. The van der Waals surface area contributed by atoms with Crippen LogP contribution < -0.4 is 10.2 Å². The highest BCUT2D eigenvalue weighted by atomic mass is 31.2. The van der Waals surface area contributed by atoms with Crippen molar-refractivity contribution in [3.8, 4) is 0 Å². The predicted molar refractivity (Wildman–Crippen MR) is 228 cm³/mol. The van der Waals surface area contributed by atoms with Gasteiger partial charge in [0.05, 0.1) is 39.9 Å². The topological polar surface area (TPSA) is 108 Å². The SMILES string of the molecule is CCCCCCCCCCC/C=C/C(O)C(COP(=O)([O-])OCC[N+](C)(C)C)NC(=O)CCCCCCCCC/C=C\CCCCCCCCCCCC. The molecule has 320 valence electrons. The second kappa shape index (κ2) is 37.6. The number of carbonyl (C=O) groups is 1. The second-order valence-corrected chi connectivity index (χ2v) is 18.2. The van der Waals surface area contributed by atoms with Gasteiger partial charge in [0, 0.05) is 6.42 Å². The number of phosphoric ester groups is 1. The van der Waals surface area contributed by atoms with Gasteiger partial charge in [-0.2, -0.15) is 0 Å². The van der Waals surface area contributed by atoms with E-state index in [4.69, 9.17) is 9.05 Å². The van der Waals surface area contributed by atoms with Crippen molar-refractivity contribution in [2.24, 2.45) is 0 Å². The van der Waals surface area contributed by atoms with E-state index in [0.717, 1.165) is 38.5 Å². The Morgan fingerprint density at radius 3 is 1.44 bits per heavy atom. The number of aliphatic hydroxyl groups excluding tert-OH is 1. The van der Waals surface area contributed by atoms with Crippen LogP contribution >= 0.6 is 7.82 Å². The molecular weight excluding hydrogens is 695 g/mol. The van der Waals surface area contributed by atoms with Gasteiger partial charge in [-0.3, -0.25) is 9.36 Å². The van der Waals surface area contributed by atoms with E-state index in [1.807, 2.05) is 27.2 Å². The van der Waals surface area contributed by atoms with Gasteiger partial charge in [-0.1, -0.05) is 179 Å². The zero-order valence-corrected chi connectivity index (χ0v) is 37.1. The molecule has 3 atom stereocenters. The van der Waals surface area contributed by atoms with Crippen molar-refractivity contribution in [3.05, 3.63) is 24.3 Å². The van der Waals surface area contributed by atoms with Crippen LogP contribution in [-0.2, 0) is 18.4 Å². The number of phosphoric acid groups is 1. The van der Waals surface area contributed by atoms with Crippen molar-refractivity contribution < 1.29 is 32.9 Å². The van der Waals surface area contributed by atoms with Crippen LogP contribution in [0.15, 0.2) is 24.3 Å². The molecule has 3 unspecified atom stereocenters. The van der Waals surface area contributed by atoms with Gasteiger partial charge in [0.1, 0.15) is 13.2 Å². The van der Waals surface area contributed by atoms with E-state index < -0.39 is 20.0 Å². The number of aliphatic hydroxyl groups is 1. The minimum absolute atomic E-state index is 0.000968. The maximum Gasteiger partial charge on any atom is 0.268 e. The molecule has 0 spiro atoms. The van der Waals surface area contributed by atoms with E-state index in [1.165, 1.54) is 148 Å². The Morgan fingerprint density at radius 1 is 0.630 bits per heavy atom. The van der Waals surface area contributed by atoms with Crippen LogP contribution in [0.4, 0.5) is 0 Å². The Labute approximate surface area is 334 Å². The largest absolute Gasteiger partial charge is 0.756 e. The number of carbonyl (C=O) groups excluding carboxylic acids is 1. The quantitative estimate of drug-likeness (QED) is 0.0277. The number of nitrogens with one attached hydrogen (secondary N) is 1. The van der Waals surface area contributed by atoms with E-state index in [-0.39, 0.29) is 19.1 Å². The lowest BCUT2D eigenvalue weighted by Crippen LogP contribution is -2.45. The molecule has 0 aromatic heterocycles. The van der Waals surface area contributed by atoms with Gasteiger partial charge in [0.25, 0.3) is 7.82 Å². The normalized spacial score (nSPS) is 14.6. The molecule has 2 N–H and O–H groups in total. The summed E-state index contributed by atoms with van der Waals surface area (Å²) in [6.07, 6.45) is 43.7. The lowest BCUT2D eigenvalue weighted by molar-refractivity contribution is -0.870. The average Bonchev–Trinajstić information content (AvgIpc) is 3.12. The van der Waals surface area contributed by atoms with Crippen LogP contribution in [0.1, 0.15) is 206 Å². The van der Waals surface area contributed by atoms with Crippen LogP contribution in [0, 0.1) is 0 Å². The molecule has 0 aromatic rings. The smallest absolute Gasteiger partial charge is 0.268 e. The molecule has 0 rings (SSSR count). The summed E-state index contributed by atoms with van der Waals surface area (Å²) in [6, 6.07) is -0.884. The van der Waals surface area contributed by atoms with Gasteiger partial charge >= 0.3 is 0 Å². The maximum atomic E-state index is 12.8. The third-order valence-electron chi connectivity index (χ3n) is 10.2. The lowest BCUT2D eigenvalue weighted by atomic mass is 10.1. The van der Waals surface area contributed by atoms with Crippen molar-refractivity contribution in [1.82, 2.24) is 5.32 Å². The molecule has 1 amide bonds. The number of rotatable bonds is 41. The zero-order valence-electron chi connectivity index (χ0n) is 36.2. The molecule has 0 bridgehead atoms. The molecule has 0 radical (unpaired) electrons. The Kier molecular flexibility index (Phi) is 36.8.